The molecule has 1 aromatic carbocycles. The lowest BCUT2D eigenvalue weighted by molar-refractivity contribution is -0.135. The number of amides is 4. The van der Waals surface area contributed by atoms with Crippen molar-refractivity contribution in [2.24, 2.45) is 11.8 Å². The van der Waals surface area contributed by atoms with Crippen LogP contribution in [0.15, 0.2) is 24.3 Å². The van der Waals surface area contributed by atoms with Gasteiger partial charge in [0.1, 0.15) is 5.82 Å². The fourth-order valence-electron chi connectivity index (χ4n) is 4.42. The van der Waals surface area contributed by atoms with Crippen molar-refractivity contribution in [3.63, 3.8) is 0 Å². The van der Waals surface area contributed by atoms with Crippen LogP contribution in [-0.2, 0) is 9.59 Å². The lowest BCUT2D eigenvalue weighted by Gasteiger charge is -2.32. The Bertz CT molecular complexity index is 798. The molecule has 0 bridgehead atoms. The minimum Gasteiger partial charge on any atom is -0.349 e. The summed E-state index contributed by atoms with van der Waals surface area (Å²) in [5.74, 6) is -0.262. The molecular weight excluding hydrogens is 375 g/mol. The molecule has 2 fully saturated rings. The van der Waals surface area contributed by atoms with E-state index in [1.165, 1.54) is 21.9 Å². The van der Waals surface area contributed by atoms with Gasteiger partial charge in [-0.05, 0) is 17.7 Å². The molecular formula is C21H29FN4O3. The molecule has 3 atom stereocenters. The molecule has 0 spiro atoms. The smallest absolute Gasteiger partial charge is 0.320 e. The summed E-state index contributed by atoms with van der Waals surface area (Å²) in [6, 6.07) is 5.98. The number of benzene rings is 1. The van der Waals surface area contributed by atoms with Gasteiger partial charge < -0.3 is 19.6 Å². The first-order chi connectivity index (χ1) is 13.7. The van der Waals surface area contributed by atoms with Gasteiger partial charge in [0.05, 0.1) is 6.04 Å². The predicted octanol–water partition coefficient (Wildman–Crippen LogP) is 1.81. The summed E-state index contributed by atoms with van der Waals surface area (Å²) >= 11 is 0. The molecule has 0 radical (unpaired) electrons. The zero-order valence-electron chi connectivity index (χ0n) is 17.5. The third kappa shape index (κ3) is 4.36. The standard InChI is InChI=1S/C21H29FN4O3/c1-23(2)18(27)8-9-19(28)25-11-15-12-26(21(29)24(3)4)20(17(15)13-25)14-6-5-7-16(22)10-14/h5-7,10,15,17,20H,8-9,11-13H2,1-4H3/t15-,17-,20+/m1/s1. The molecule has 7 nitrogen and oxygen atoms in total. The molecule has 2 heterocycles. The van der Waals surface area contributed by atoms with E-state index in [4.69, 9.17) is 0 Å². The van der Waals surface area contributed by atoms with Crippen LogP contribution in [0.25, 0.3) is 0 Å². The average Bonchev–Trinajstić information content (AvgIpc) is 3.22. The highest BCUT2D eigenvalue weighted by Crippen LogP contribution is 2.45. The van der Waals surface area contributed by atoms with E-state index < -0.39 is 0 Å². The van der Waals surface area contributed by atoms with Crippen LogP contribution in [0.3, 0.4) is 0 Å². The van der Waals surface area contributed by atoms with Gasteiger partial charge in [0.2, 0.25) is 11.8 Å². The zero-order chi connectivity index (χ0) is 21.3. The summed E-state index contributed by atoms with van der Waals surface area (Å²) in [5, 5.41) is 0. The maximum atomic E-state index is 13.9. The van der Waals surface area contributed by atoms with Crippen molar-refractivity contribution in [3.05, 3.63) is 35.6 Å². The van der Waals surface area contributed by atoms with Gasteiger partial charge in [0, 0.05) is 72.5 Å². The van der Waals surface area contributed by atoms with E-state index in [0.717, 1.165) is 5.56 Å². The van der Waals surface area contributed by atoms with Crippen LogP contribution < -0.4 is 0 Å². The van der Waals surface area contributed by atoms with E-state index >= 15 is 0 Å². The fraction of sp³-hybridized carbons (Fsp3) is 0.571. The summed E-state index contributed by atoms with van der Waals surface area (Å²) in [4.78, 5) is 43.7. The van der Waals surface area contributed by atoms with Gasteiger partial charge in [0.15, 0.2) is 0 Å². The van der Waals surface area contributed by atoms with Crippen LogP contribution in [0.4, 0.5) is 9.18 Å². The van der Waals surface area contributed by atoms with Crippen LogP contribution in [-0.4, -0.2) is 85.3 Å². The molecule has 4 amide bonds. The second-order valence-corrected chi connectivity index (χ2v) is 8.34. The molecule has 0 aliphatic carbocycles. The summed E-state index contributed by atoms with van der Waals surface area (Å²) < 4.78 is 13.9. The number of fused-ring (bicyclic) bond motifs is 1. The second-order valence-electron chi connectivity index (χ2n) is 8.34. The molecule has 0 saturated carbocycles. The first kappa shape index (κ1) is 21.1. The third-order valence-corrected chi connectivity index (χ3v) is 5.89. The highest BCUT2D eigenvalue weighted by atomic mass is 19.1. The molecule has 0 aromatic heterocycles. The second kappa shape index (κ2) is 8.39. The number of likely N-dealkylation sites (tertiary alicyclic amines) is 2. The van der Waals surface area contributed by atoms with Gasteiger partial charge in [-0.2, -0.15) is 0 Å². The van der Waals surface area contributed by atoms with E-state index in [-0.39, 0.29) is 54.4 Å². The average molecular weight is 404 g/mol. The van der Waals surface area contributed by atoms with Crippen LogP contribution in [0.5, 0.6) is 0 Å². The summed E-state index contributed by atoms with van der Waals surface area (Å²) in [6.45, 7) is 1.60. The van der Waals surface area contributed by atoms with Crippen LogP contribution >= 0.6 is 0 Å². The number of carbonyl (C=O) groups excluding carboxylic acids is 3. The first-order valence-corrected chi connectivity index (χ1v) is 9.90. The molecule has 2 saturated heterocycles. The Morgan fingerprint density at radius 3 is 2.38 bits per heavy atom. The van der Waals surface area contributed by atoms with Gasteiger partial charge in [-0.1, -0.05) is 12.1 Å². The number of carbonyl (C=O) groups is 3. The van der Waals surface area contributed by atoms with Crippen molar-refractivity contribution in [2.45, 2.75) is 18.9 Å². The highest BCUT2D eigenvalue weighted by molar-refractivity contribution is 5.84. The third-order valence-electron chi connectivity index (χ3n) is 5.89. The quantitative estimate of drug-likeness (QED) is 0.769. The minimum atomic E-state index is -0.337. The summed E-state index contributed by atoms with van der Waals surface area (Å²) in [5.41, 5.74) is 0.754. The van der Waals surface area contributed by atoms with Crippen LogP contribution in [0, 0.1) is 17.7 Å². The fourth-order valence-corrected chi connectivity index (χ4v) is 4.42. The lowest BCUT2D eigenvalue weighted by atomic mass is 9.89. The number of rotatable bonds is 4. The van der Waals surface area contributed by atoms with E-state index in [2.05, 4.69) is 0 Å². The zero-order valence-corrected chi connectivity index (χ0v) is 17.5. The molecule has 0 unspecified atom stereocenters. The molecule has 29 heavy (non-hydrogen) atoms. The monoisotopic (exact) mass is 404 g/mol. The Balaban J connectivity index is 1.76. The van der Waals surface area contributed by atoms with Crippen molar-refractivity contribution >= 4 is 17.8 Å². The van der Waals surface area contributed by atoms with Gasteiger partial charge >= 0.3 is 6.03 Å². The van der Waals surface area contributed by atoms with Gasteiger partial charge in [-0.3, -0.25) is 9.59 Å². The van der Waals surface area contributed by atoms with Crippen molar-refractivity contribution < 1.29 is 18.8 Å². The van der Waals surface area contributed by atoms with Crippen LogP contribution in [0.2, 0.25) is 0 Å². The summed E-state index contributed by atoms with van der Waals surface area (Å²) in [7, 11) is 6.76. The van der Waals surface area contributed by atoms with E-state index in [0.29, 0.717) is 19.6 Å². The molecule has 2 aliphatic rings. The Morgan fingerprint density at radius 2 is 1.76 bits per heavy atom. The van der Waals surface area contributed by atoms with E-state index in [9.17, 15) is 18.8 Å². The SMILES string of the molecule is CN(C)C(=O)CCC(=O)N1C[C@@H]2CN(C(=O)N(C)C)[C@@H](c3cccc(F)c3)[C@@H]2C1. The topological polar surface area (TPSA) is 64.2 Å². The number of nitrogens with zero attached hydrogens (tertiary/aromatic N) is 4. The van der Waals surface area contributed by atoms with Crippen molar-refractivity contribution in [1.29, 1.82) is 0 Å². The molecule has 3 rings (SSSR count). The maximum Gasteiger partial charge on any atom is 0.320 e. The number of halogens is 1. The highest BCUT2D eigenvalue weighted by Gasteiger charge is 2.50. The lowest BCUT2D eigenvalue weighted by Crippen LogP contribution is -2.42. The van der Waals surface area contributed by atoms with Crippen molar-refractivity contribution in [1.82, 2.24) is 19.6 Å². The normalized spacial score (nSPS) is 23.1. The minimum absolute atomic E-state index is 0.0434. The maximum absolute atomic E-state index is 13.9. The van der Waals surface area contributed by atoms with Gasteiger partial charge in [0.25, 0.3) is 0 Å². The number of urea groups is 1. The summed E-state index contributed by atoms with van der Waals surface area (Å²) in [6.07, 6.45) is 0.373. The Labute approximate surface area is 171 Å². The van der Waals surface area contributed by atoms with Crippen LogP contribution in [0.1, 0.15) is 24.4 Å². The van der Waals surface area contributed by atoms with Crippen molar-refractivity contribution in [3.8, 4) is 0 Å². The molecule has 8 heteroatoms. The molecule has 1 aromatic rings. The van der Waals surface area contributed by atoms with E-state index in [1.54, 1.807) is 44.1 Å². The Hall–Kier alpha value is -2.64. The number of hydrogen-bond donors (Lipinski definition) is 0. The molecule has 158 valence electrons. The largest absolute Gasteiger partial charge is 0.349 e. The number of hydrogen-bond acceptors (Lipinski definition) is 3. The predicted molar refractivity (Wildman–Crippen MR) is 106 cm³/mol. The first-order valence-electron chi connectivity index (χ1n) is 9.90. The van der Waals surface area contributed by atoms with Crippen molar-refractivity contribution in [2.75, 3.05) is 47.8 Å². The molecule has 0 N–H and O–H groups in total. The van der Waals surface area contributed by atoms with E-state index in [1.807, 2.05) is 6.07 Å². The Morgan fingerprint density at radius 1 is 1.03 bits per heavy atom. The van der Waals surface area contributed by atoms with Gasteiger partial charge in [-0.25, -0.2) is 9.18 Å². The van der Waals surface area contributed by atoms with Gasteiger partial charge in [-0.15, -0.1) is 0 Å². The Kier molecular flexibility index (Phi) is 6.10. The molecule has 2 aliphatic heterocycles.